The Bertz CT molecular complexity index is 530. The molecule has 2 rings (SSSR count). The minimum Gasteiger partial charge on any atom is -0.480 e. The number of carboxylic acid groups (broad SMARTS) is 1. The molecule has 120 valence electrons. The number of thiophene rings is 1. The largest absolute Gasteiger partial charge is 0.480 e. The molecule has 0 saturated carbocycles. The zero-order chi connectivity index (χ0) is 15.9. The molecule has 1 aromatic rings. The Hall–Kier alpha value is -1.89. The second-order valence-corrected chi connectivity index (χ2v) is 6.09. The van der Waals surface area contributed by atoms with Crippen LogP contribution < -0.4 is 5.32 Å². The Morgan fingerprint density at radius 3 is 2.86 bits per heavy atom. The number of hydrogen-bond donors (Lipinski definition) is 2. The van der Waals surface area contributed by atoms with Gasteiger partial charge < -0.3 is 15.3 Å². The first kappa shape index (κ1) is 16.5. The molecule has 0 bridgehead atoms. The van der Waals surface area contributed by atoms with Gasteiger partial charge in [0.1, 0.15) is 6.04 Å². The van der Waals surface area contributed by atoms with Gasteiger partial charge in [-0.25, -0.2) is 4.79 Å². The molecular weight excluding hydrogens is 304 g/mol. The summed E-state index contributed by atoms with van der Waals surface area (Å²) in [4.78, 5) is 36.5. The van der Waals surface area contributed by atoms with Gasteiger partial charge in [-0.05, 0) is 37.1 Å². The van der Waals surface area contributed by atoms with Crippen molar-refractivity contribution in [1.82, 2.24) is 10.2 Å². The molecule has 1 aliphatic heterocycles. The highest BCUT2D eigenvalue weighted by Gasteiger charge is 2.31. The Morgan fingerprint density at radius 2 is 2.18 bits per heavy atom. The lowest BCUT2D eigenvalue weighted by atomic mass is 10.0. The van der Waals surface area contributed by atoms with E-state index in [1.807, 2.05) is 5.38 Å². The van der Waals surface area contributed by atoms with Crippen LogP contribution in [0.1, 0.15) is 42.5 Å². The summed E-state index contributed by atoms with van der Waals surface area (Å²) >= 11 is 1.46. The molecule has 2 heterocycles. The maximum Gasteiger partial charge on any atom is 0.326 e. The van der Waals surface area contributed by atoms with Gasteiger partial charge in [-0.1, -0.05) is 0 Å². The minimum atomic E-state index is -0.932. The van der Waals surface area contributed by atoms with Crippen LogP contribution in [-0.4, -0.2) is 46.9 Å². The molecule has 1 aliphatic rings. The SMILES string of the molecule is O=C(NCCCC(=O)N1CCCC[C@@H]1C(=O)O)c1ccsc1. The molecule has 0 spiro atoms. The summed E-state index contributed by atoms with van der Waals surface area (Å²) < 4.78 is 0. The summed E-state index contributed by atoms with van der Waals surface area (Å²) in [5.41, 5.74) is 0.623. The van der Waals surface area contributed by atoms with Crippen LogP contribution in [0.2, 0.25) is 0 Å². The molecule has 1 aromatic heterocycles. The molecule has 1 atom stereocenters. The number of hydrogen-bond acceptors (Lipinski definition) is 4. The summed E-state index contributed by atoms with van der Waals surface area (Å²) in [5.74, 6) is -1.22. The number of aliphatic carboxylic acids is 1. The van der Waals surface area contributed by atoms with Gasteiger partial charge in [0.25, 0.3) is 5.91 Å². The van der Waals surface area contributed by atoms with E-state index in [0.717, 1.165) is 12.8 Å². The topological polar surface area (TPSA) is 86.7 Å². The van der Waals surface area contributed by atoms with Gasteiger partial charge in [0.2, 0.25) is 5.91 Å². The standard InChI is InChI=1S/C15H20N2O4S/c18-13(17-8-2-1-4-12(17)15(20)21)5-3-7-16-14(19)11-6-9-22-10-11/h6,9-10,12H,1-5,7-8H2,(H,16,19)(H,20,21)/t12-/m1/s1. The van der Waals surface area contributed by atoms with Crippen LogP contribution in [-0.2, 0) is 9.59 Å². The number of piperidine rings is 1. The molecule has 2 amide bonds. The third-order valence-electron chi connectivity index (χ3n) is 3.74. The summed E-state index contributed by atoms with van der Waals surface area (Å²) in [6.07, 6.45) is 2.99. The van der Waals surface area contributed by atoms with Gasteiger partial charge in [-0.2, -0.15) is 11.3 Å². The minimum absolute atomic E-state index is 0.142. The molecule has 1 fully saturated rings. The second kappa shape index (κ2) is 7.93. The highest BCUT2D eigenvalue weighted by Crippen LogP contribution is 2.18. The van der Waals surface area contributed by atoms with E-state index in [1.54, 1.807) is 11.4 Å². The van der Waals surface area contributed by atoms with Crippen LogP contribution in [0, 0.1) is 0 Å². The zero-order valence-corrected chi connectivity index (χ0v) is 13.1. The van der Waals surface area contributed by atoms with E-state index in [-0.39, 0.29) is 18.2 Å². The van der Waals surface area contributed by atoms with Crippen molar-refractivity contribution in [1.29, 1.82) is 0 Å². The van der Waals surface area contributed by atoms with Crippen LogP contribution in [0.5, 0.6) is 0 Å². The van der Waals surface area contributed by atoms with Crippen LogP contribution in [0.25, 0.3) is 0 Å². The Morgan fingerprint density at radius 1 is 1.36 bits per heavy atom. The third-order valence-corrected chi connectivity index (χ3v) is 4.43. The Balaban J connectivity index is 1.73. The molecule has 0 aliphatic carbocycles. The molecule has 7 heteroatoms. The molecule has 22 heavy (non-hydrogen) atoms. The normalized spacial score (nSPS) is 18.0. The number of nitrogens with zero attached hydrogens (tertiary/aromatic N) is 1. The van der Waals surface area contributed by atoms with Crippen LogP contribution in [0.15, 0.2) is 16.8 Å². The van der Waals surface area contributed by atoms with E-state index in [0.29, 0.717) is 31.5 Å². The van der Waals surface area contributed by atoms with Crippen molar-refractivity contribution in [2.45, 2.75) is 38.1 Å². The quantitative estimate of drug-likeness (QED) is 0.780. The first-order chi connectivity index (χ1) is 10.6. The van der Waals surface area contributed by atoms with Crippen molar-refractivity contribution in [3.63, 3.8) is 0 Å². The van der Waals surface area contributed by atoms with E-state index in [1.165, 1.54) is 16.2 Å². The van der Waals surface area contributed by atoms with E-state index in [9.17, 15) is 14.4 Å². The number of carbonyl (C=O) groups excluding carboxylic acids is 2. The molecular formula is C15H20N2O4S. The number of likely N-dealkylation sites (tertiary alicyclic amines) is 1. The lowest BCUT2D eigenvalue weighted by molar-refractivity contribution is -0.152. The molecule has 0 unspecified atom stereocenters. The van der Waals surface area contributed by atoms with E-state index in [2.05, 4.69) is 5.32 Å². The smallest absolute Gasteiger partial charge is 0.326 e. The van der Waals surface area contributed by atoms with Crippen molar-refractivity contribution in [3.8, 4) is 0 Å². The Labute approximate surface area is 133 Å². The monoisotopic (exact) mass is 324 g/mol. The highest BCUT2D eigenvalue weighted by atomic mass is 32.1. The van der Waals surface area contributed by atoms with Crippen molar-refractivity contribution in [2.75, 3.05) is 13.1 Å². The number of amides is 2. The van der Waals surface area contributed by atoms with E-state index < -0.39 is 12.0 Å². The van der Waals surface area contributed by atoms with E-state index in [4.69, 9.17) is 5.11 Å². The van der Waals surface area contributed by atoms with Crippen LogP contribution >= 0.6 is 11.3 Å². The lowest BCUT2D eigenvalue weighted by Gasteiger charge is -2.33. The van der Waals surface area contributed by atoms with E-state index >= 15 is 0 Å². The zero-order valence-electron chi connectivity index (χ0n) is 12.3. The van der Waals surface area contributed by atoms with Crippen LogP contribution in [0.3, 0.4) is 0 Å². The molecule has 1 saturated heterocycles. The van der Waals surface area contributed by atoms with Crippen molar-refractivity contribution in [3.05, 3.63) is 22.4 Å². The molecule has 0 aromatic carbocycles. The average molecular weight is 324 g/mol. The van der Waals surface area contributed by atoms with Gasteiger partial charge in [-0.15, -0.1) is 0 Å². The highest BCUT2D eigenvalue weighted by molar-refractivity contribution is 7.08. The lowest BCUT2D eigenvalue weighted by Crippen LogP contribution is -2.48. The first-order valence-electron chi connectivity index (χ1n) is 7.42. The first-order valence-corrected chi connectivity index (χ1v) is 8.36. The second-order valence-electron chi connectivity index (χ2n) is 5.31. The van der Waals surface area contributed by atoms with Gasteiger partial charge in [0.15, 0.2) is 0 Å². The summed E-state index contributed by atoms with van der Waals surface area (Å²) in [6.45, 7) is 0.920. The fraction of sp³-hybridized carbons (Fsp3) is 0.533. The average Bonchev–Trinajstić information content (AvgIpc) is 3.05. The number of nitrogens with one attached hydrogen (secondary N) is 1. The predicted octanol–water partition coefficient (Wildman–Crippen LogP) is 1.72. The molecule has 2 N–H and O–H groups in total. The number of carboxylic acids is 1. The number of carbonyl (C=O) groups is 3. The number of rotatable bonds is 6. The fourth-order valence-corrected chi connectivity index (χ4v) is 3.20. The summed E-state index contributed by atoms with van der Waals surface area (Å²) in [6, 6.07) is 1.05. The molecule has 6 nitrogen and oxygen atoms in total. The van der Waals surface area contributed by atoms with Crippen molar-refractivity contribution >= 4 is 29.1 Å². The maximum absolute atomic E-state index is 12.1. The van der Waals surface area contributed by atoms with Gasteiger partial charge in [-0.3, -0.25) is 9.59 Å². The summed E-state index contributed by atoms with van der Waals surface area (Å²) in [5, 5.41) is 15.5. The summed E-state index contributed by atoms with van der Waals surface area (Å²) in [7, 11) is 0. The predicted molar refractivity (Wildman–Crippen MR) is 82.9 cm³/mol. The van der Waals surface area contributed by atoms with Gasteiger partial charge >= 0.3 is 5.97 Å². The maximum atomic E-state index is 12.1. The Kier molecular flexibility index (Phi) is 5.94. The van der Waals surface area contributed by atoms with Crippen molar-refractivity contribution in [2.24, 2.45) is 0 Å². The third kappa shape index (κ3) is 4.30. The fourth-order valence-electron chi connectivity index (χ4n) is 2.57. The van der Waals surface area contributed by atoms with Gasteiger partial charge in [0.05, 0.1) is 0 Å². The van der Waals surface area contributed by atoms with Crippen molar-refractivity contribution < 1.29 is 19.5 Å². The van der Waals surface area contributed by atoms with Crippen LogP contribution in [0.4, 0.5) is 0 Å². The van der Waals surface area contributed by atoms with Gasteiger partial charge in [0, 0.05) is 30.5 Å². The molecule has 0 radical (unpaired) electrons.